The van der Waals surface area contributed by atoms with Crippen molar-refractivity contribution in [2.75, 3.05) is 25.0 Å². The second-order valence-electron chi connectivity index (χ2n) is 7.13. The molecule has 1 aliphatic rings. The summed E-state index contributed by atoms with van der Waals surface area (Å²) in [6, 6.07) is 14.9. The van der Waals surface area contributed by atoms with Crippen molar-refractivity contribution in [2.24, 2.45) is 4.99 Å². The van der Waals surface area contributed by atoms with E-state index >= 15 is 0 Å². The summed E-state index contributed by atoms with van der Waals surface area (Å²) >= 11 is 0. The third-order valence-electron chi connectivity index (χ3n) is 5.08. The summed E-state index contributed by atoms with van der Waals surface area (Å²) in [6.45, 7) is 5.09. The van der Waals surface area contributed by atoms with Crippen LogP contribution in [0.25, 0.3) is 0 Å². The van der Waals surface area contributed by atoms with Gasteiger partial charge in [0.1, 0.15) is 5.82 Å². The fraction of sp³-hybridized carbons (Fsp3) is 0.455. The average molecular weight is 366 g/mol. The number of pyridine rings is 1. The predicted octanol–water partition coefficient (Wildman–Crippen LogP) is 3.89. The molecule has 0 amide bonds. The van der Waals surface area contributed by atoms with E-state index in [4.69, 9.17) is 0 Å². The molecule has 2 aromatic rings. The van der Waals surface area contributed by atoms with Crippen molar-refractivity contribution < 1.29 is 0 Å². The molecule has 1 atom stereocenters. The summed E-state index contributed by atoms with van der Waals surface area (Å²) < 4.78 is 0. The Balaban J connectivity index is 1.52. The summed E-state index contributed by atoms with van der Waals surface area (Å²) in [5.41, 5.74) is 2.40. The Kier molecular flexibility index (Phi) is 7.08. The van der Waals surface area contributed by atoms with E-state index in [1.54, 1.807) is 7.05 Å². The third kappa shape index (κ3) is 5.71. The van der Waals surface area contributed by atoms with Gasteiger partial charge in [-0.3, -0.25) is 4.99 Å². The van der Waals surface area contributed by atoms with Gasteiger partial charge >= 0.3 is 0 Å². The molecule has 144 valence electrons. The number of guanidine groups is 1. The van der Waals surface area contributed by atoms with Crippen molar-refractivity contribution in [3.8, 4) is 0 Å². The summed E-state index contributed by atoms with van der Waals surface area (Å²) in [5, 5.41) is 6.81. The highest BCUT2D eigenvalue weighted by molar-refractivity contribution is 5.80. The maximum atomic E-state index is 4.68. The standard InChI is InChI=1S/C22H31N5/c1-18(20-10-6-5-7-11-20)26-22(23-2)25-17-19-12-13-21(24-16-19)27-14-8-3-4-9-15-27/h5-7,10-13,16,18H,3-4,8-9,14-15,17H2,1-2H3,(H2,23,25,26). The van der Waals surface area contributed by atoms with Crippen LogP contribution in [-0.2, 0) is 6.54 Å². The zero-order valence-corrected chi connectivity index (χ0v) is 16.5. The summed E-state index contributed by atoms with van der Waals surface area (Å²) in [4.78, 5) is 11.4. The monoisotopic (exact) mass is 365 g/mol. The van der Waals surface area contributed by atoms with E-state index in [2.05, 4.69) is 68.8 Å². The third-order valence-corrected chi connectivity index (χ3v) is 5.08. The second-order valence-corrected chi connectivity index (χ2v) is 7.13. The number of hydrogen-bond donors (Lipinski definition) is 2. The number of aliphatic imine (C=N–C) groups is 1. The van der Waals surface area contributed by atoms with Crippen LogP contribution < -0.4 is 15.5 Å². The van der Waals surface area contributed by atoms with Crippen molar-refractivity contribution in [1.82, 2.24) is 15.6 Å². The zero-order chi connectivity index (χ0) is 18.9. The van der Waals surface area contributed by atoms with Crippen LogP contribution in [0.4, 0.5) is 5.82 Å². The molecule has 0 radical (unpaired) electrons. The highest BCUT2D eigenvalue weighted by atomic mass is 15.2. The first-order valence-electron chi connectivity index (χ1n) is 9.98. The molecule has 2 heterocycles. The van der Waals surface area contributed by atoms with E-state index in [-0.39, 0.29) is 6.04 Å². The lowest BCUT2D eigenvalue weighted by Crippen LogP contribution is -2.38. The predicted molar refractivity (Wildman–Crippen MR) is 113 cm³/mol. The summed E-state index contributed by atoms with van der Waals surface area (Å²) in [7, 11) is 1.80. The summed E-state index contributed by atoms with van der Waals surface area (Å²) in [6.07, 6.45) is 7.19. The van der Waals surface area contributed by atoms with Crippen LogP contribution >= 0.6 is 0 Å². The lowest BCUT2D eigenvalue weighted by molar-refractivity contribution is 0.685. The van der Waals surface area contributed by atoms with E-state index in [0.717, 1.165) is 30.4 Å². The Labute approximate surface area is 162 Å². The summed E-state index contributed by atoms with van der Waals surface area (Å²) in [5.74, 6) is 1.89. The number of rotatable bonds is 5. The van der Waals surface area contributed by atoms with Gasteiger partial charge in [0.15, 0.2) is 5.96 Å². The molecular formula is C22H31N5. The molecule has 1 fully saturated rings. The van der Waals surface area contributed by atoms with Crippen LogP contribution in [0, 0.1) is 0 Å². The van der Waals surface area contributed by atoms with Crippen LogP contribution in [0.1, 0.15) is 49.8 Å². The molecule has 2 N–H and O–H groups in total. The van der Waals surface area contributed by atoms with E-state index in [1.807, 2.05) is 12.3 Å². The highest BCUT2D eigenvalue weighted by Crippen LogP contribution is 2.17. The van der Waals surface area contributed by atoms with Gasteiger partial charge in [0.05, 0.1) is 6.04 Å². The maximum absolute atomic E-state index is 4.68. The largest absolute Gasteiger partial charge is 0.357 e. The molecule has 0 spiro atoms. The lowest BCUT2D eigenvalue weighted by Gasteiger charge is -2.21. The van der Waals surface area contributed by atoms with E-state index in [1.165, 1.54) is 31.2 Å². The fourth-order valence-electron chi connectivity index (χ4n) is 3.42. The smallest absolute Gasteiger partial charge is 0.191 e. The highest BCUT2D eigenvalue weighted by Gasteiger charge is 2.11. The van der Waals surface area contributed by atoms with Crippen LogP contribution in [-0.4, -0.2) is 31.1 Å². The zero-order valence-electron chi connectivity index (χ0n) is 16.5. The van der Waals surface area contributed by atoms with Crippen LogP contribution in [0.3, 0.4) is 0 Å². The SMILES string of the molecule is CN=C(NCc1ccc(N2CCCCCC2)nc1)NC(C)c1ccccc1. The molecule has 1 aliphatic heterocycles. The lowest BCUT2D eigenvalue weighted by atomic mass is 10.1. The number of nitrogens with one attached hydrogen (secondary N) is 2. The van der Waals surface area contributed by atoms with Gasteiger partial charge in [-0.15, -0.1) is 0 Å². The Morgan fingerprint density at radius 2 is 1.81 bits per heavy atom. The van der Waals surface area contributed by atoms with Gasteiger partial charge in [-0.1, -0.05) is 49.2 Å². The van der Waals surface area contributed by atoms with Gasteiger partial charge in [-0.25, -0.2) is 4.98 Å². The fourth-order valence-corrected chi connectivity index (χ4v) is 3.42. The molecule has 0 bridgehead atoms. The van der Waals surface area contributed by atoms with E-state index in [9.17, 15) is 0 Å². The Hall–Kier alpha value is -2.56. The molecule has 1 unspecified atom stereocenters. The average Bonchev–Trinajstić information content (AvgIpc) is 3.01. The van der Waals surface area contributed by atoms with Gasteiger partial charge in [0, 0.05) is 32.9 Å². The van der Waals surface area contributed by atoms with Crippen molar-refractivity contribution in [3.05, 3.63) is 59.8 Å². The first-order valence-corrected chi connectivity index (χ1v) is 9.98. The molecule has 5 nitrogen and oxygen atoms in total. The minimum absolute atomic E-state index is 0.195. The van der Waals surface area contributed by atoms with Gasteiger partial charge in [0.2, 0.25) is 0 Å². The van der Waals surface area contributed by atoms with Gasteiger partial charge in [0.25, 0.3) is 0 Å². The van der Waals surface area contributed by atoms with Crippen molar-refractivity contribution in [3.63, 3.8) is 0 Å². The topological polar surface area (TPSA) is 52.6 Å². The minimum Gasteiger partial charge on any atom is -0.357 e. The first kappa shape index (κ1) is 19.2. The Bertz CT molecular complexity index is 703. The van der Waals surface area contributed by atoms with Gasteiger partial charge in [-0.2, -0.15) is 0 Å². The van der Waals surface area contributed by atoms with Crippen LogP contribution in [0.5, 0.6) is 0 Å². The minimum atomic E-state index is 0.195. The second kappa shape index (κ2) is 9.95. The first-order chi connectivity index (χ1) is 13.3. The molecule has 27 heavy (non-hydrogen) atoms. The molecule has 1 aromatic heterocycles. The Morgan fingerprint density at radius 1 is 1.07 bits per heavy atom. The normalized spacial score (nSPS) is 16.5. The molecule has 5 heteroatoms. The number of aromatic nitrogens is 1. The molecule has 1 aromatic carbocycles. The number of nitrogens with zero attached hydrogens (tertiary/aromatic N) is 3. The molecule has 0 aliphatic carbocycles. The van der Waals surface area contributed by atoms with Gasteiger partial charge in [-0.05, 0) is 37.0 Å². The molecule has 1 saturated heterocycles. The van der Waals surface area contributed by atoms with Crippen molar-refractivity contribution in [1.29, 1.82) is 0 Å². The number of anilines is 1. The van der Waals surface area contributed by atoms with E-state index < -0.39 is 0 Å². The Morgan fingerprint density at radius 3 is 2.44 bits per heavy atom. The number of hydrogen-bond acceptors (Lipinski definition) is 3. The quantitative estimate of drug-likeness (QED) is 0.623. The molecule has 0 saturated carbocycles. The molecular weight excluding hydrogens is 334 g/mol. The van der Waals surface area contributed by atoms with Crippen LogP contribution in [0.15, 0.2) is 53.7 Å². The van der Waals surface area contributed by atoms with Crippen molar-refractivity contribution in [2.45, 2.75) is 45.2 Å². The molecule has 3 rings (SSSR count). The number of benzene rings is 1. The van der Waals surface area contributed by atoms with Gasteiger partial charge < -0.3 is 15.5 Å². The maximum Gasteiger partial charge on any atom is 0.191 e. The van der Waals surface area contributed by atoms with Crippen LogP contribution in [0.2, 0.25) is 0 Å². The van der Waals surface area contributed by atoms with Crippen molar-refractivity contribution >= 4 is 11.8 Å². The van der Waals surface area contributed by atoms with E-state index in [0.29, 0.717) is 6.54 Å².